The van der Waals surface area contributed by atoms with E-state index in [0.717, 1.165) is 11.3 Å². The van der Waals surface area contributed by atoms with Gasteiger partial charge >= 0.3 is 5.97 Å². The van der Waals surface area contributed by atoms with E-state index in [9.17, 15) is 17.8 Å². The summed E-state index contributed by atoms with van der Waals surface area (Å²) in [5.41, 5.74) is 0. The fourth-order valence-electron chi connectivity index (χ4n) is 2.16. The molecular formula is C13H8O5S2. The third-order valence-electron chi connectivity index (χ3n) is 2.97. The molecule has 0 aliphatic carbocycles. The van der Waals surface area contributed by atoms with Gasteiger partial charge in [-0.1, -0.05) is 24.3 Å². The van der Waals surface area contributed by atoms with Gasteiger partial charge < -0.3 is 5.11 Å². The second kappa shape index (κ2) is 4.27. The molecule has 2 aromatic carbocycles. The van der Waals surface area contributed by atoms with Crippen molar-refractivity contribution in [3.05, 3.63) is 41.3 Å². The maximum absolute atomic E-state index is 11.5. The van der Waals surface area contributed by atoms with Crippen molar-refractivity contribution in [2.24, 2.45) is 0 Å². The maximum Gasteiger partial charge on any atom is 0.345 e. The Morgan fingerprint density at radius 3 is 2.35 bits per heavy atom. The second-order valence-corrected chi connectivity index (χ2v) is 6.67. The Morgan fingerprint density at radius 1 is 1.10 bits per heavy atom. The van der Waals surface area contributed by atoms with Gasteiger partial charge in [0.15, 0.2) is 0 Å². The first-order chi connectivity index (χ1) is 9.38. The molecule has 1 heterocycles. The molecule has 3 rings (SSSR count). The van der Waals surface area contributed by atoms with Gasteiger partial charge in [0.05, 0.1) is 0 Å². The highest BCUT2D eigenvalue weighted by molar-refractivity contribution is 7.86. The van der Waals surface area contributed by atoms with Gasteiger partial charge in [-0.05, 0) is 17.5 Å². The van der Waals surface area contributed by atoms with Gasteiger partial charge in [-0.3, -0.25) is 4.55 Å². The summed E-state index contributed by atoms with van der Waals surface area (Å²) in [4.78, 5) is 10.9. The highest BCUT2D eigenvalue weighted by atomic mass is 32.2. The Kier molecular flexibility index (Phi) is 2.79. The molecule has 3 aromatic rings. The van der Waals surface area contributed by atoms with Crippen LogP contribution >= 0.6 is 11.3 Å². The van der Waals surface area contributed by atoms with Gasteiger partial charge in [0.1, 0.15) is 9.77 Å². The van der Waals surface area contributed by atoms with Gasteiger partial charge in [-0.15, -0.1) is 11.3 Å². The van der Waals surface area contributed by atoms with Crippen LogP contribution in [0.2, 0.25) is 0 Å². The average Bonchev–Trinajstić information content (AvgIpc) is 2.81. The lowest BCUT2D eigenvalue weighted by Gasteiger charge is -2.05. The van der Waals surface area contributed by atoms with Crippen LogP contribution in [0, 0.1) is 0 Å². The molecule has 0 aliphatic rings. The standard InChI is InChI=1S/C13H8O5S2/c14-13(15)10-5-7-6-11(20(16,17)18)8-3-1-2-4-9(8)12(7)19-10/h1-6H,(H,14,15)(H,16,17,18). The lowest BCUT2D eigenvalue weighted by Crippen LogP contribution is -1.98. The molecule has 0 spiro atoms. The maximum atomic E-state index is 11.5. The molecule has 0 fully saturated rings. The number of carboxylic acid groups (broad SMARTS) is 1. The number of rotatable bonds is 2. The SMILES string of the molecule is O=C(O)c1cc2cc(S(=O)(=O)O)c3ccccc3c2s1. The number of benzene rings is 2. The molecule has 20 heavy (non-hydrogen) atoms. The lowest BCUT2D eigenvalue weighted by atomic mass is 10.1. The van der Waals surface area contributed by atoms with Crippen LogP contribution in [0.25, 0.3) is 20.9 Å². The van der Waals surface area contributed by atoms with E-state index in [1.54, 1.807) is 24.3 Å². The number of carbonyl (C=O) groups is 1. The van der Waals surface area contributed by atoms with Crippen LogP contribution in [-0.2, 0) is 10.1 Å². The summed E-state index contributed by atoms with van der Waals surface area (Å²) < 4.78 is 33.0. The highest BCUT2D eigenvalue weighted by Gasteiger charge is 2.19. The molecule has 5 nitrogen and oxygen atoms in total. The van der Waals surface area contributed by atoms with Gasteiger partial charge in [-0.2, -0.15) is 8.42 Å². The van der Waals surface area contributed by atoms with Crippen LogP contribution in [0.1, 0.15) is 9.67 Å². The van der Waals surface area contributed by atoms with Crippen LogP contribution < -0.4 is 0 Å². The molecule has 0 radical (unpaired) electrons. The van der Waals surface area contributed by atoms with E-state index in [4.69, 9.17) is 5.11 Å². The number of hydrogen-bond donors (Lipinski definition) is 2. The van der Waals surface area contributed by atoms with Crippen molar-refractivity contribution >= 4 is 48.3 Å². The summed E-state index contributed by atoms with van der Waals surface area (Å²) in [6.45, 7) is 0. The average molecular weight is 308 g/mol. The van der Waals surface area contributed by atoms with Crippen molar-refractivity contribution in [1.29, 1.82) is 0 Å². The summed E-state index contributed by atoms with van der Waals surface area (Å²) >= 11 is 1.08. The first-order valence-corrected chi connectivity index (χ1v) is 7.79. The van der Waals surface area contributed by atoms with E-state index in [2.05, 4.69) is 0 Å². The van der Waals surface area contributed by atoms with E-state index >= 15 is 0 Å². The summed E-state index contributed by atoms with van der Waals surface area (Å²) in [5, 5.41) is 10.5. The largest absolute Gasteiger partial charge is 0.477 e. The first kappa shape index (κ1) is 13.0. The third kappa shape index (κ3) is 1.96. The van der Waals surface area contributed by atoms with Gasteiger partial charge in [-0.25, -0.2) is 4.79 Å². The second-order valence-electron chi connectivity index (χ2n) is 4.23. The van der Waals surface area contributed by atoms with Crippen molar-refractivity contribution in [1.82, 2.24) is 0 Å². The minimum absolute atomic E-state index is 0.123. The predicted octanol–water partition coefficient (Wildman–Crippen LogP) is 3.00. The first-order valence-electron chi connectivity index (χ1n) is 5.54. The summed E-state index contributed by atoms with van der Waals surface area (Å²) in [7, 11) is -4.37. The Bertz CT molecular complexity index is 953. The smallest absolute Gasteiger partial charge is 0.345 e. The minimum atomic E-state index is -4.37. The van der Waals surface area contributed by atoms with E-state index in [0.29, 0.717) is 20.9 Å². The zero-order valence-electron chi connectivity index (χ0n) is 9.90. The van der Waals surface area contributed by atoms with Crippen LogP contribution in [-0.4, -0.2) is 24.0 Å². The topological polar surface area (TPSA) is 91.7 Å². The molecule has 0 saturated heterocycles. The third-order valence-corrected chi connectivity index (χ3v) is 5.04. The number of hydrogen-bond acceptors (Lipinski definition) is 4. The van der Waals surface area contributed by atoms with Crippen molar-refractivity contribution in [2.45, 2.75) is 4.90 Å². The highest BCUT2D eigenvalue weighted by Crippen LogP contribution is 2.36. The number of fused-ring (bicyclic) bond motifs is 3. The predicted molar refractivity (Wildman–Crippen MR) is 76.1 cm³/mol. The normalized spacial score (nSPS) is 12.1. The fraction of sp³-hybridized carbons (Fsp3) is 0. The molecule has 0 atom stereocenters. The number of carboxylic acids is 1. The van der Waals surface area contributed by atoms with Crippen LogP contribution in [0.5, 0.6) is 0 Å². The summed E-state index contributed by atoms with van der Waals surface area (Å²) in [5.74, 6) is -1.07. The zero-order chi connectivity index (χ0) is 14.5. The molecule has 0 bridgehead atoms. The molecule has 7 heteroatoms. The van der Waals surface area contributed by atoms with E-state index in [1.165, 1.54) is 12.1 Å². The molecule has 2 N–H and O–H groups in total. The lowest BCUT2D eigenvalue weighted by molar-refractivity contribution is 0.0702. The molecule has 102 valence electrons. The quantitative estimate of drug-likeness (QED) is 0.710. The van der Waals surface area contributed by atoms with Crippen LogP contribution in [0.3, 0.4) is 0 Å². The van der Waals surface area contributed by atoms with E-state index < -0.39 is 16.1 Å². The van der Waals surface area contributed by atoms with E-state index in [-0.39, 0.29) is 9.77 Å². The van der Waals surface area contributed by atoms with Gasteiger partial charge in [0, 0.05) is 15.5 Å². The monoisotopic (exact) mass is 308 g/mol. The molecular weight excluding hydrogens is 300 g/mol. The molecule has 1 aromatic heterocycles. The molecule has 0 amide bonds. The Hall–Kier alpha value is -1.96. The van der Waals surface area contributed by atoms with Crippen LogP contribution in [0.4, 0.5) is 0 Å². The summed E-state index contributed by atoms with van der Waals surface area (Å²) in [6.07, 6.45) is 0. The summed E-state index contributed by atoms with van der Waals surface area (Å²) in [6, 6.07) is 9.39. The Morgan fingerprint density at radius 2 is 1.75 bits per heavy atom. The van der Waals surface area contributed by atoms with Crippen molar-refractivity contribution < 1.29 is 22.9 Å². The number of aromatic carboxylic acids is 1. The van der Waals surface area contributed by atoms with Crippen molar-refractivity contribution in [2.75, 3.05) is 0 Å². The minimum Gasteiger partial charge on any atom is -0.477 e. The Balaban J connectivity index is 2.55. The molecule has 0 unspecified atom stereocenters. The van der Waals surface area contributed by atoms with Gasteiger partial charge in [0.2, 0.25) is 0 Å². The van der Waals surface area contributed by atoms with E-state index in [1.807, 2.05) is 0 Å². The van der Waals surface area contributed by atoms with Gasteiger partial charge in [0.25, 0.3) is 10.1 Å². The number of thiophene rings is 1. The zero-order valence-corrected chi connectivity index (χ0v) is 11.5. The van der Waals surface area contributed by atoms with Crippen molar-refractivity contribution in [3.8, 4) is 0 Å². The fourth-order valence-corrected chi connectivity index (χ4v) is 3.91. The Labute approximate surface area is 117 Å². The van der Waals surface area contributed by atoms with Crippen molar-refractivity contribution in [3.63, 3.8) is 0 Å². The molecule has 0 saturated carbocycles. The van der Waals surface area contributed by atoms with Crippen LogP contribution in [0.15, 0.2) is 41.3 Å². The molecule has 0 aliphatic heterocycles.